The van der Waals surface area contributed by atoms with Gasteiger partial charge in [0.15, 0.2) is 0 Å². The van der Waals surface area contributed by atoms with Crippen molar-refractivity contribution in [3.63, 3.8) is 0 Å². The van der Waals surface area contributed by atoms with Crippen LogP contribution in [0.15, 0.2) is 60.8 Å². The zero-order chi connectivity index (χ0) is 20.8. The number of benzene rings is 2. The number of nitrogens with zero attached hydrogens (tertiary/aromatic N) is 2. The van der Waals surface area contributed by atoms with E-state index < -0.39 is 0 Å². The molecule has 2 heterocycles. The van der Waals surface area contributed by atoms with Crippen molar-refractivity contribution in [2.75, 3.05) is 18.5 Å². The summed E-state index contributed by atoms with van der Waals surface area (Å²) in [5.41, 5.74) is 3.58. The highest BCUT2D eigenvalue weighted by Gasteiger charge is 2.21. The summed E-state index contributed by atoms with van der Waals surface area (Å²) in [5, 5.41) is 8.42. The first kappa shape index (κ1) is 20.5. The molecule has 0 aliphatic carbocycles. The Morgan fingerprint density at radius 3 is 2.47 bits per heavy atom. The Hall–Kier alpha value is -2.79. The SMILES string of the molecule is CCCC(Nc1cnn(C2CCOCC2)c1C)c1ccc(Oc2ccccc2)cc1. The molecule has 0 spiro atoms. The van der Waals surface area contributed by atoms with Crippen molar-refractivity contribution < 1.29 is 9.47 Å². The van der Waals surface area contributed by atoms with Gasteiger partial charge in [0.25, 0.3) is 0 Å². The van der Waals surface area contributed by atoms with Crippen LogP contribution in [0.2, 0.25) is 0 Å². The minimum atomic E-state index is 0.242. The summed E-state index contributed by atoms with van der Waals surface area (Å²) in [6.07, 6.45) is 6.20. The molecule has 1 N–H and O–H groups in total. The summed E-state index contributed by atoms with van der Waals surface area (Å²) < 4.78 is 13.6. The fourth-order valence-electron chi connectivity index (χ4n) is 4.05. The van der Waals surface area contributed by atoms with Crippen molar-refractivity contribution in [3.05, 3.63) is 72.1 Å². The molecule has 30 heavy (non-hydrogen) atoms. The monoisotopic (exact) mass is 405 g/mol. The smallest absolute Gasteiger partial charge is 0.127 e. The molecule has 5 heteroatoms. The minimum Gasteiger partial charge on any atom is -0.457 e. The number of ether oxygens (including phenoxy) is 2. The number of rotatable bonds is 8. The number of anilines is 1. The van der Waals surface area contributed by atoms with E-state index in [1.54, 1.807) is 0 Å². The van der Waals surface area contributed by atoms with Crippen molar-refractivity contribution in [3.8, 4) is 11.5 Å². The van der Waals surface area contributed by atoms with E-state index in [0.717, 1.165) is 56.1 Å². The molecule has 1 atom stereocenters. The van der Waals surface area contributed by atoms with Gasteiger partial charge in [-0.05, 0) is 56.0 Å². The Bertz CT molecular complexity index is 915. The molecule has 0 radical (unpaired) electrons. The second-order valence-electron chi connectivity index (χ2n) is 7.90. The molecule has 0 amide bonds. The third kappa shape index (κ3) is 4.85. The van der Waals surface area contributed by atoms with E-state index in [4.69, 9.17) is 9.47 Å². The quantitative estimate of drug-likeness (QED) is 0.478. The van der Waals surface area contributed by atoms with Crippen LogP contribution >= 0.6 is 0 Å². The molecule has 4 rings (SSSR count). The van der Waals surface area contributed by atoms with E-state index in [1.165, 1.54) is 11.3 Å². The van der Waals surface area contributed by atoms with Crippen LogP contribution < -0.4 is 10.1 Å². The standard InChI is InChI=1S/C25H31N3O2/c1-3-7-24(20-10-12-23(13-11-20)30-22-8-5-4-6-9-22)27-25-18-26-28(19(25)2)21-14-16-29-17-15-21/h4-6,8-13,18,21,24,27H,3,7,14-17H2,1-2H3. The van der Waals surface area contributed by atoms with E-state index >= 15 is 0 Å². The Kier molecular flexibility index (Phi) is 6.70. The maximum Gasteiger partial charge on any atom is 0.127 e. The van der Waals surface area contributed by atoms with Crippen molar-refractivity contribution in [2.45, 2.75) is 51.6 Å². The normalized spacial score (nSPS) is 15.7. The van der Waals surface area contributed by atoms with Gasteiger partial charge in [0.1, 0.15) is 11.5 Å². The summed E-state index contributed by atoms with van der Waals surface area (Å²) in [6, 6.07) is 19.0. The molecule has 1 fully saturated rings. The van der Waals surface area contributed by atoms with Gasteiger partial charge in [-0.2, -0.15) is 5.10 Å². The first-order valence-corrected chi connectivity index (χ1v) is 11.0. The maximum atomic E-state index is 5.94. The van der Waals surface area contributed by atoms with E-state index in [2.05, 4.69) is 41.1 Å². The molecule has 158 valence electrons. The summed E-state index contributed by atoms with van der Waals surface area (Å²) in [6.45, 7) is 6.02. The third-order valence-electron chi connectivity index (χ3n) is 5.75. The van der Waals surface area contributed by atoms with E-state index in [0.29, 0.717) is 6.04 Å². The van der Waals surface area contributed by atoms with Gasteiger partial charge in [0.05, 0.1) is 29.7 Å². The lowest BCUT2D eigenvalue weighted by Gasteiger charge is -2.24. The van der Waals surface area contributed by atoms with Gasteiger partial charge in [-0.3, -0.25) is 4.68 Å². The first-order chi connectivity index (χ1) is 14.7. The maximum absolute atomic E-state index is 5.94. The fraction of sp³-hybridized carbons (Fsp3) is 0.400. The van der Waals surface area contributed by atoms with Gasteiger partial charge in [0, 0.05) is 13.2 Å². The van der Waals surface area contributed by atoms with Crippen LogP contribution in [0, 0.1) is 6.92 Å². The first-order valence-electron chi connectivity index (χ1n) is 11.0. The Morgan fingerprint density at radius 2 is 1.77 bits per heavy atom. The van der Waals surface area contributed by atoms with Gasteiger partial charge in [-0.15, -0.1) is 0 Å². The van der Waals surface area contributed by atoms with E-state index in [1.807, 2.05) is 48.7 Å². The topological polar surface area (TPSA) is 48.3 Å². The summed E-state index contributed by atoms with van der Waals surface area (Å²) >= 11 is 0. The molecule has 1 aromatic heterocycles. The predicted molar refractivity (Wildman–Crippen MR) is 120 cm³/mol. The van der Waals surface area contributed by atoms with Gasteiger partial charge >= 0.3 is 0 Å². The molecule has 5 nitrogen and oxygen atoms in total. The molecule has 0 saturated carbocycles. The molecular weight excluding hydrogens is 374 g/mol. The lowest BCUT2D eigenvalue weighted by molar-refractivity contribution is 0.0657. The second kappa shape index (κ2) is 9.81. The zero-order valence-corrected chi connectivity index (χ0v) is 17.9. The number of hydrogen-bond acceptors (Lipinski definition) is 4. The highest BCUT2D eigenvalue weighted by Crippen LogP contribution is 2.30. The number of nitrogens with one attached hydrogen (secondary N) is 1. The van der Waals surface area contributed by atoms with Gasteiger partial charge < -0.3 is 14.8 Å². The highest BCUT2D eigenvalue weighted by atomic mass is 16.5. The Labute approximate surface area is 179 Å². The molecule has 2 aromatic carbocycles. The van der Waals surface area contributed by atoms with Crippen LogP contribution in [0.1, 0.15) is 55.9 Å². The lowest BCUT2D eigenvalue weighted by Crippen LogP contribution is -2.21. The predicted octanol–water partition coefficient (Wildman–Crippen LogP) is 6.29. The van der Waals surface area contributed by atoms with Gasteiger partial charge in [-0.25, -0.2) is 0 Å². The molecule has 1 saturated heterocycles. The van der Waals surface area contributed by atoms with Crippen LogP contribution in [-0.2, 0) is 4.74 Å². The molecule has 3 aromatic rings. The Balaban J connectivity index is 1.47. The van der Waals surface area contributed by atoms with Crippen molar-refractivity contribution in [1.82, 2.24) is 9.78 Å². The second-order valence-corrected chi connectivity index (χ2v) is 7.90. The summed E-state index contributed by atoms with van der Waals surface area (Å²) in [7, 11) is 0. The highest BCUT2D eigenvalue weighted by molar-refractivity contribution is 5.48. The Morgan fingerprint density at radius 1 is 1.07 bits per heavy atom. The third-order valence-corrected chi connectivity index (χ3v) is 5.75. The van der Waals surface area contributed by atoms with E-state index in [9.17, 15) is 0 Å². The number of aromatic nitrogens is 2. The van der Waals surface area contributed by atoms with Crippen LogP contribution in [0.4, 0.5) is 5.69 Å². The zero-order valence-electron chi connectivity index (χ0n) is 17.9. The molecule has 1 aliphatic rings. The fourth-order valence-corrected chi connectivity index (χ4v) is 4.05. The van der Waals surface area contributed by atoms with Crippen molar-refractivity contribution in [2.24, 2.45) is 0 Å². The minimum absolute atomic E-state index is 0.242. The molecular formula is C25H31N3O2. The van der Waals surface area contributed by atoms with Gasteiger partial charge in [0.2, 0.25) is 0 Å². The van der Waals surface area contributed by atoms with Crippen molar-refractivity contribution >= 4 is 5.69 Å². The van der Waals surface area contributed by atoms with Gasteiger partial charge in [-0.1, -0.05) is 43.7 Å². The van der Waals surface area contributed by atoms with Crippen molar-refractivity contribution in [1.29, 1.82) is 0 Å². The average molecular weight is 406 g/mol. The average Bonchev–Trinajstić information content (AvgIpc) is 3.15. The lowest BCUT2D eigenvalue weighted by atomic mass is 10.0. The van der Waals surface area contributed by atoms with Crippen LogP contribution in [0.5, 0.6) is 11.5 Å². The number of hydrogen-bond donors (Lipinski definition) is 1. The van der Waals surface area contributed by atoms with Crippen LogP contribution in [0.3, 0.4) is 0 Å². The van der Waals surface area contributed by atoms with Crippen LogP contribution in [0.25, 0.3) is 0 Å². The molecule has 1 unspecified atom stereocenters. The summed E-state index contributed by atoms with van der Waals surface area (Å²) in [5.74, 6) is 1.70. The molecule has 1 aliphatic heterocycles. The van der Waals surface area contributed by atoms with Crippen LogP contribution in [-0.4, -0.2) is 23.0 Å². The van der Waals surface area contributed by atoms with E-state index in [-0.39, 0.29) is 6.04 Å². The largest absolute Gasteiger partial charge is 0.457 e. The number of para-hydroxylation sites is 1. The molecule has 0 bridgehead atoms. The summed E-state index contributed by atoms with van der Waals surface area (Å²) in [4.78, 5) is 0.